The third kappa shape index (κ3) is 2.14. The normalized spacial score (nSPS) is 11.1. The lowest BCUT2D eigenvalue weighted by Gasteiger charge is -2.07. The van der Waals surface area contributed by atoms with Crippen LogP contribution in [0.2, 0.25) is 0 Å². The van der Waals surface area contributed by atoms with Crippen LogP contribution in [0, 0.1) is 19.7 Å². The molecule has 108 valence electrons. The minimum Gasteiger partial charge on any atom is -0.494 e. The second-order valence-corrected chi connectivity index (χ2v) is 5.08. The summed E-state index contributed by atoms with van der Waals surface area (Å²) < 4.78 is 20.6. The monoisotopic (exact) mass is 285 g/mol. The van der Waals surface area contributed by atoms with E-state index in [0.29, 0.717) is 0 Å². The van der Waals surface area contributed by atoms with Gasteiger partial charge in [-0.05, 0) is 43.7 Å². The van der Waals surface area contributed by atoms with Gasteiger partial charge in [0, 0.05) is 18.0 Å². The quantitative estimate of drug-likeness (QED) is 0.724. The molecule has 0 aliphatic heterocycles. The van der Waals surface area contributed by atoms with Gasteiger partial charge in [-0.1, -0.05) is 0 Å². The summed E-state index contributed by atoms with van der Waals surface area (Å²) in [5.74, 6) is -0.163. The molecule has 0 spiro atoms. The highest BCUT2D eigenvalue weighted by Crippen LogP contribution is 2.28. The molecule has 1 aromatic carbocycles. The lowest BCUT2D eigenvalue weighted by atomic mass is 10.1. The number of methoxy groups -OCH3 is 1. The second-order valence-electron chi connectivity index (χ2n) is 5.08. The van der Waals surface area contributed by atoms with Crippen molar-refractivity contribution in [1.29, 1.82) is 0 Å². The number of rotatable bonds is 2. The van der Waals surface area contributed by atoms with Crippen LogP contribution in [0.15, 0.2) is 24.3 Å². The zero-order valence-corrected chi connectivity index (χ0v) is 12.4. The van der Waals surface area contributed by atoms with Crippen molar-refractivity contribution in [1.82, 2.24) is 14.8 Å². The number of aryl methyl sites for hydroxylation is 3. The first-order valence-electron chi connectivity index (χ1n) is 6.66. The molecular weight excluding hydrogens is 269 g/mol. The molecule has 0 saturated carbocycles. The minimum atomic E-state index is -0.393. The topological polar surface area (TPSA) is 39.9 Å². The number of ether oxygens (including phenoxy) is 1. The van der Waals surface area contributed by atoms with E-state index in [2.05, 4.69) is 10.1 Å². The largest absolute Gasteiger partial charge is 0.494 e. The number of nitrogens with zero attached hydrogens (tertiary/aromatic N) is 3. The Bertz CT molecular complexity index is 839. The molecule has 2 aromatic heterocycles. The van der Waals surface area contributed by atoms with Crippen LogP contribution in [0.5, 0.6) is 5.75 Å². The van der Waals surface area contributed by atoms with Crippen LogP contribution in [0.25, 0.3) is 22.3 Å². The first-order valence-corrected chi connectivity index (χ1v) is 6.66. The Labute approximate surface area is 122 Å². The summed E-state index contributed by atoms with van der Waals surface area (Å²) in [6.45, 7) is 3.98. The van der Waals surface area contributed by atoms with Gasteiger partial charge in [-0.25, -0.2) is 9.37 Å². The predicted molar refractivity (Wildman–Crippen MR) is 79.9 cm³/mol. The molecular formula is C16H16FN3O. The summed E-state index contributed by atoms with van der Waals surface area (Å²) >= 11 is 0. The van der Waals surface area contributed by atoms with Gasteiger partial charge in [0.25, 0.3) is 0 Å². The molecule has 0 aliphatic carbocycles. The van der Waals surface area contributed by atoms with Crippen LogP contribution < -0.4 is 4.74 Å². The van der Waals surface area contributed by atoms with E-state index in [1.54, 1.807) is 16.8 Å². The van der Waals surface area contributed by atoms with Crippen LogP contribution in [-0.4, -0.2) is 21.9 Å². The van der Waals surface area contributed by atoms with E-state index >= 15 is 0 Å². The fraction of sp³-hybridized carbons (Fsp3) is 0.250. The third-order valence-corrected chi connectivity index (χ3v) is 3.61. The summed E-state index contributed by atoms with van der Waals surface area (Å²) in [5.41, 5.74) is 4.28. The van der Waals surface area contributed by atoms with Crippen molar-refractivity contribution in [3.8, 4) is 17.0 Å². The van der Waals surface area contributed by atoms with E-state index in [-0.39, 0.29) is 5.75 Å². The van der Waals surface area contributed by atoms with Gasteiger partial charge in [-0.2, -0.15) is 5.10 Å². The second kappa shape index (κ2) is 4.84. The Balaban J connectivity index is 2.21. The fourth-order valence-corrected chi connectivity index (χ4v) is 2.63. The van der Waals surface area contributed by atoms with Gasteiger partial charge in [0.1, 0.15) is 0 Å². The van der Waals surface area contributed by atoms with Crippen molar-refractivity contribution in [2.24, 2.45) is 7.05 Å². The molecule has 0 amide bonds. The number of pyridine rings is 1. The van der Waals surface area contributed by atoms with Gasteiger partial charge in [-0.15, -0.1) is 0 Å². The number of hydrogen-bond acceptors (Lipinski definition) is 3. The summed E-state index contributed by atoms with van der Waals surface area (Å²) in [6.07, 6.45) is 0. The molecule has 3 rings (SSSR count). The van der Waals surface area contributed by atoms with Crippen molar-refractivity contribution in [2.75, 3.05) is 7.11 Å². The third-order valence-electron chi connectivity index (χ3n) is 3.61. The van der Waals surface area contributed by atoms with Crippen LogP contribution >= 0.6 is 0 Å². The van der Waals surface area contributed by atoms with E-state index < -0.39 is 5.82 Å². The molecule has 3 aromatic rings. The maximum Gasteiger partial charge on any atom is 0.165 e. The number of fused-ring (bicyclic) bond motifs is 1. The summed E-state index contributed by atoms with van der Waals surface area (Å²) in [5, 5.41) is 5.44. The van der Waals surface area contributed by atoms with Crippen molar-refractivity contribution in [3.05, 3.63) is 41.3 Å². The zero-order chi connectivity index (χ0) is 15.1. The predicted octanol–water partition coefficient (Wildman–Crippen LogP) is 3.40. The Hall–Kier alpha value is -2.43. The van der Waals surface area contributed by atoms with E-state index in [9.17, 15) is 4.39 Å². The maximum atomic E-state index is 13.9. The van der Waals surface area contributed by atoms with Gasteiger partial charge < -0.3 is 4.74 Å². The van der Waals surface area contributed by atoms with Gasteiger partial charge >= 0.3 is 0 Å². The number of hydrogen-bond donors (Lipinski definition) is 0. The SMILES string of the molecule is COc1ccc(-c2cc(C)c3c(C)nn(C)c3n2)cc1F. The summed E-state index contributed by atoms with van der Waals surface area (Å²) in [7, 11) is 3.31. The molecule has 5 heteroatoms. The summed E-state index contributed by atoms with van der Waals surface area (Å²) in [4.78, 5) is 4.62. The molecule has 4 nitrogen and oxygen atoms in total. The average molecular weight is 285 g/mol. The maximum absolute atomic E-state index is 13.9. The molecule has 0 fully saturated rings. The smallest absolute Gasteiger partial charge is 0.165 e. The van der Waals surface area contributed by atoms with Crippen molar-refractivity contribution < 1.29 is 9.13 Å². The first-order chi connectivity index (χ1) is 10.0. The highest BCUT2D eigenvalue weighted by Gasteiger charge is 2.13. The lowest BCUT2D eigenvalue weighted by molar-refractivity contribution is 0.386. The molecule has 0 aliphatic rings. The Kier molecular flexibility index (Phi) is 3.12. The van der Waals surface area contributed by atoms with Crippen LogP contribution in [-0.2, 0) is 7.05 Å². The van der Waals surface area contributed by atoms with E-state index in [4.69, 9.17) is 4.74 Å². The van der Waals surface area contributed by atoms with Crippen molar-refractivity contribution in [2.45, 2.75) is 13.8 Å². The van der Waals surface area contributed by atoms with Gasteiger partial charge in [0.05, 0.1) is 18.5 Å². The number of aromatic nitrogens is 3. The van der Waals surface area contributed by atoms with Crippen LogP contribution in [0.1, 0.15) is 11.3 Å². The molecule has 0 bridgehead atoms. The van der Waals surface area contributed by atoms with E-state index in [0.717, 1.165) is 33.5 Å². The molecule has 0 N–H and O–H groups in total. The van der Waals surface area contributed by atoms with Gasteiger partial charge in [0.15, 0.2) is 17.2 Å². The number of benzene rings is 1. The molecule has 0 radical (unpaired) electrons. The van der Waals surface area contributed by atoms with Gasteiger partial charge in [0.2, 0.25) is 0 Å². The van der Waals surface area contributed by atoms with E-state index in [1.807, 2.05) is 27.0 Å². The average Bonchev–Trinajstić information content (AvgIpc) is 2.74. The molecule has 2 heterocycles. The Morgan fingerprint density at radius 2 is 1.95 bits per heavy atom. The first kappa shape index (κ1) is 13.5. The molecule has 0 saturated heterocycles. The lowest BCUT2D eigenvalue weighted by Crippen LogP contribution is -1.95. The standard InChI is InChI=1S/C16H16FN3O/c1-9-7-13(11-5-6-14(21-4)12(17)8-11)18-16-15(9)10(2)19-20(16)3/h5-8H,1-4H3. The highest BCUT2D eigenvalue weighted by atomic mass is 19.1. The zero-order valence-electron chi connectivity index (χ0n) is 12.4. The van der Waals surface area contributed by atoms with Crippen LogP contribution in [0.4, 0.5) is 4.39 Å². The Morgan fingerprint density at radius 1 is 1.19 bits per heavy atom. The molecule has 0 atom stereocenters. The van der Waals surface area contributed by atoms with Crippen LogP contribution in [0.3, 0.4) is 0 Å². The van der Waals surface area contributed by atoms with E-state index in [1.165, 1.54) is 13.2 Å². The minimum absolute atomic E-state index is 0.230. The van der Waals surface area contributed by atoms with Crippen molar-refractivity contribution in [3.63, 3.8) is 0 Å². The summed E-state index contributed by atoms with van der Waals surface area (Å²) in [6, 6.07) is 6.81. The Morgan fingerprint density at radius 3 is 2.62 bits per heavy atom. The highest BCUT2D eigenvalue weighted by molar-refractivity contribution is 5.84. The molecule has 21 heavy (non-hydrogen) atoms. The van der Waals surface area contributed by atoms with Gasteiger partial charge in [-0.3, -0.25) is 4.68 Å². The molecule has 0 unspecified atom stereocenters. The number of halogens is 1. The van der Waals surface area contributed by atoms with Crippen molar-refractivity contribution >= 4 is 11.0 Å². The fourth-order valence-electron chi connectivity index (χ4n) is 2.63.